The Hall–Kier alpha value is -2.48. The third-order valence-electron chi connectivity index (χ3n) is 6.17. The van der Waals surface area contributed by atoms with Crippen molar-refractivity contribution in [2.45, 2.75) is 38.1 Å². The Morgan fingerprint density at radius 3 is 2.58 bits per heavy atom. The van der Waals surface area contributed by atoms with Crippen molar-refractivity contribution in [1.29, 1.82) is 0 Å². The molecule has 1 fully saturated rings. The lowest BCUT2D eigenvalue weighted by Crippen LogP contribution is -2.38. The first-order valence-electron chi connectivity index (χ1n) is 10.7. The molecular weight excluding hydrogens is 410 g/mol. The Labute approximate surface area is 183 Å². The van der Waals surface area contributed by atoms with Crippen LogP contribution in [-0.2, 0) is 16.6 Å². The van der Waals surface area contributed by atoms with Crippen molar-refractivity contribution < 1.29 is 8.42 Å². The second-order valence-corrected chi connectivity index (χ2v) is 10.3. The number of H-pyrrole nitrogens is 1. The number of nitrogens with zero attached hydrogens (tertiary/aromatic N) is 1. The molecule has 0 bridgehead atoms. The van der Waals surface area contributed by atoms with Crippen LogP contribution in [0.1, 0.15) is 29.5 Å². The van der Waals surface area contributed by atoms with Crippen LogP contribution in [0, 0.1) is 19.8 Å². The van der Waals surface area contributed by atoms with E-state index in [1.54, 1.807) is 18.2 Å². The fourth-order valence-electron chi connectivity index (χ4n) is 4.17. The van der Waals surface area contributed by atoms with Crippen molar-refractivity contribution in [2.24, 2.45) is 5.92 Å². The molecule has 1 saturated heterocycles. The average molecular weight is 440 g/mol. The van der Waals surface area contributed by atoms with Crippen LogP contribution in [0.15, 0.2) is 58.2 Å². The Kier molecular flexibility index (Phi) is 6.27. The van der Waals surface area contributed by atoms with E-state index in [1.807, 2.05) is 0 Å². The molecule has 31 heavy (non-hydrogen) atoms. The largest absolute Gasteiger partial charge is 0.322 e. The molecule has 0 unspecified atom stereocenters. The molecule has 1 aliphatic heterocycles. The van der Waals surface area contributed by atoms with Gasteiger partial charge in [-0.3, -0.25) is 9.69 Å². The molecule has 0 spiro atoms. The number of fused-ring (bicyclic) bond motifs is 1. The first kappa shape index (κ1) is 21.7. The van der Waals surface area contributed by atoms with Gasteiger partial charge in [0.2, 0.25) is 15.6 Å². The summed E-state index contributed by atoms with van der Waals surface area (Å²) in [5.41, 5.74) is 4.40. The quantitative estimate of drug-likeness (QED) is 0.617. The topological polar surface area (TPSA) is 82.3 Å². The Morgan fingerprint density at radius 1 is 1.03 bits per heavy atom. The maximum atomic E-state index is 12.8. The van der Waals surface area contributed by atoms with Gasteiger partial charge in [0.25, 0.3) is 0 Å². The minimum atomic E-state index is -3.59. The van der Waals surface area contributed by atoms with Crippen molar-refractivity contribution in [3.05, 3.63) is 75.6 Å². The first-order chi connectivity index (χ1) is 14.8. The molecule has 0 radical (unpaired) electrons. The van der Waals surface area contributed by atoms with Crippen LogP contribution in [-0.4, -0.2) is 37.9 Å². The Balaban J connectivity index is 1.33. The van der Waals surface area contributed by atoms with Crippen molar-refractivity contribution in [3.8, 4) is 0 Å². The number of aromatic nitrogens is 1. The summed E-state index contributed by atoms with van der Waals surface area (Å²) >= 11 is 0. The van der Waals surface area contributed by atoms with Gasteiger partial charge >= 0.3 is 0 Å². The standard InChI is InChI=1S/C24H29N3O3S/c1-17-3-4-18(2)21(13-17)16-27-11-9-19(10-12-27)15-25-31(29,30)22-6-7-23-20(14-22)5-8-24(28)26-23/h3-8,13-14,19,25H,9-12,15-16H2,1-2H3,(H,26,28). The SMILES string of the molecule is Cc1ccc(C)c(CN2CCC(CNS(=O)(=O)c3ccc4[nH]c(=O)ccc4c3)CC2)c1. The molecule has 2 heterocycles. The van der Waals surface area contributed by atoms with E-state index in [0.29, 0.717) is 23.4 Å². The number of nitrogens with one attached hydrogen (secondary N) is 2. The van der Waals surface area contributed by atoms with Crippen molar-refractivity contribution >= 4 is 20.9 Å². The zero-order chi connectivity index (χ0) is 22.0. The predicted octanol–water partition coefficient (Wildman–Crippen LogP) is 3.34. The summed E-state index contributed by atoms with van der Waals surface area (Å²) in [4.78, 5) is 16.8. The number of pyridine rings is 1. The minimum Gasteiger partial charge on any atom is -0.322 e. The highest BCUT2D eigenvalue weighted by Crippen LogP contribution is 2.22. The van der Waals surface area contributed by atoms with Crippen molar-refractivity contribution in [3.63, 3.8) is 0 Å². The average Bonchev–Trinajstić information content (AvgIpc) is 2.75. The number of aromatic amines is 1. The summed E-state index contributed by atoms with van der Waals surface area (Å²) in [5.74, 6) is 0.335. The normalized spacial score (nSPS) is 16.1. The van der Waals surface area contributed by atoms with Crippen LogP contribution >= 0.6 is 0 Å². The number of aryl methyl sites for hydroxylation is 2. The monoisotopic (exact) mass is 439 g/mol. The van der Waals surface area contributed by atoms with Crippen LogP contribution in [0.3, 0.4) is 0 Å². The molecule has 1 aromatic heterocycles. The zero-order valence-electron chi connectivity index (χ0n) is 18.0. The van der Waals surface area contributed by atoms with Gasteiger partial charge in [0, 0.05) is 24.7 Å². The lowest BCUT2D eigenvalue weighted by Gasteiger charge is -2.32. The van der Waals surface area contributed by atoms with E-state index < -0.39 is 10.0 Å². The van der Waals surface area contributed by atoms with Crippen molar-refractivity contribution in [2.75, 3.05) is 19.6 Å². The second-order valence-electron chi connectivity index (χ2n) is 8.57. The molecule has 3 aromatic rings. The molecule has 164 valence electrons. The maximum absolute atomic E-state index is 12.8. The maximum Gasteiger partial charge on any atom is 0.248 e. The molecule has 0 atom stereocenters. The lowest BCUT2D eigenvalue weighted by molar-refractivity contribution is 0.178. The van der Waals surface area contributed by atoms with Gasteiger partial charge in [0.05, 0.1) is 4.90 Å². The van der Waals surface area contributed by atoms with E-state index in [-0.39, 0.29) is 10.5 Å². The third kappa shape index (κ3) is 5.23. The van der Waals surface area contributed by atoms with Gasteiger partial charge in [-0.15, -0.1) is 0 Å². The van der Waals surface area contributed by atoms with Gasteiger partial charge in [-0.05, 0) is 86.5 Å². The van der Waals surface area contributed by atoms with Gasteiger partial charge in [0.1, 0.15) is 0 Å². The van der Waals surface area contributed by atoms with Gasteiger partial charge in [-0.2, -0.15) is 0 Å². The summed E-state index contributed by atoms with van der Waals surface area (Å²) in [6, 6.07) is 14.4. The molecule has 0 aliphatic carbocycles. The highest BCUT2D eigenvalue weighted by molar-refractivity contribution is 7.89. The summed E-state index contributed by atoms with van der Waals surface area (Å²) in [5, 5.41) is 0.697. The van der Waals surface area contributed by atoms with Gasteiger partial charge < -0.3 is 4.98 Å². The van der Waals surface area contributed by atoms with Gasteiger partial charge in [0.15, 0.2) is 0 Å². The summed E-state index contributed by atoms with van der Waals surface area (Å²) in [7, 11) is -3.59. The number of benzene rings is 2. The van der Waals surface area contributed by atoms with E-state index in [1.165, 1.54) is 28.8 Å². The summed E-state index contributed by atoms with van der Waals surface area (Å²) in [6.45, 7) is 7.62. The highest BCUT2D eigenvalue weighted by atomic mass is 32.2. The highest BCUT2D eigenvalue weighted by Gasteiger charge is 2.22. The number of hydrogen-bond donors (Lipinski definition) is 2. The summed E-state index contributed by atoms with van der Waals surface area (Å²) < 4.78 is 28.3. The minimum absolute atomic E-state index is 0.204. The van der Waals surface area contributed by atoms with Crippen LogP contribution < -0.4 is 10.3 Å². The molecule has 0 saturated carbocycles. The molecule has 7 heteroatoms. The van der Waals surface area contributed by atoms with Gasteiger partial charge in [-0.1, -0.05) is 23.8 Å². The number of sulfonamides is 1. The summed E-state index contributed by atoms with van der Waals surface area (Å²) in [6.07, 6.45) is 1.96. The Morgan fingerprint density at radius 2 is 1.81 bits per heavy atom. The van der Waals surface area contributed by atoms with E-state index in [2.05, 4.69) is 46.7 Å². The molecule has 4 rings (SSSR count). The number of piperidine rings is 1. The number of likely N-dealkylation sites (tertiary alicyclic amines) is 1. The molecular formula is C24H29N3O3S. The van der Waals surface area contributed by atoms with E-state index in [9.17, 15) is 13.2 Å². The van der Waals surface area contributed by atoms with E-state index >= 15 is 0 Å². The first-order valence-corrected chi connectivity index (χ1v) is 12.2. The van der Waals surface area contributed by atoms with E-state index in [4.69, 9.17) is 0 Å². The molecule has 2 N–H and O–H groups in total. The third-order valence-corrected chi connectivity index (χ3v) is 7.59. The smallest absolute Gasteiger partial charge is 0.248 e. The fourth-order valence-corrected chi connectivity index (χ4v) is 5.32. The second kappa shape index (κ2) is 8.94. The fraction of sp³-hybridized carbons (Fsp3) is 0.375. The van der Waals surface area contributed by atoms with Crippen molar-refractivity contribution in [1.82, 2.24) is 14.6 Å². The molecule has 0 amide bonds. The van der Waals surface area contributed by atoms with Crippen LogP contribution in [0.5, 0.6) is 0 Å². The van der Waals surface area contributed by atoms with Crippen LogP contribution in [0.2, 0.25) is 0 Å². The van der Waals surface area contributed by atoms with Crippen LogP contribution in [0.25, 0.3) is 10.9 Å². The van der Waals surface area contributed by atoms with Crippen LogP contribution in [0.4, 0.5) is 0 Å². The van der Waals surface area contributed by atoms with E-state index in [0.717, 1.165) is 32.5 Å². The van der Waals surface area contributed by atoms with Gasteiger partial charge in [-0.25, -0.2) is 13.1 Å². The zero-order valence-corrected chi connectivity index (χ0v) is 18.8. The number of hydrogen-bond acceptors (Lipinski definition) is 4. The molecule has 1 aliphatic rings. The Bertz CT molecular complexity index is 1240. The molecule has 2 aromatic carbocycles. The lowest BCUT2D eigenvalue weighted by atomic mass is 9.96. The predicted molar refractivity (Wildman–Crippen MR) is 124 cm³/mol. The number of rotatable bonds is 6. The molecule has 6 nitrogen and oxygen atoms in total.